The number of piperidine rings is 1. The van der Waals surface area contributed by atoms with Crippen molar-refractivity contribution in [3.05, 3.63) is 28.1 Å². The van der Waals surface area contributed by atoms with Crippen molar-refractivity contribution >= 4 is 11.4 Å². The number of hydrogen-bond donors (Lipinski definition) is 0. The van der Waals surface area contributed by atoms with Gasteiger partial charge in [0, 0.05) is 31.7 Å². The van der Waals surface area contributed by atoms with Crippen molar-refractivity contribution in [1.29, 1.82) is 0 Å². The number of piperazine rings is 1. The average molecular weight is 309 g/mol. The molecule has 2 fully saturated rings. The number of nitrogens with zero attached hydrogens (tertiary/aromatic N) is 3. The Balaban J connectivity index is 1.91. The van der Waals surface area contributed by atoms with Crippen molar-refractivity contribution in [2.24, 2.45) is 0 Å². The van der Waals surface area contributed by atoms with Crippen LogP contribution in [0.4, 0.5) is 15.8 Å². The monoisotopic (exact) mass is 309 g/mol. The van der Waals surface area contributed by atoms with Crippen molar-refractivity contribution in [3.8, 4) is 5.75 Å². The highest BCUT2D eigenvalue weighted by Gasteiger charge is 2.32. The Morgan fingerprint density at radius 2 is 2.14 bits per heavy atom. The van der Waals surface area contributed by atoms with Crippen LogP contribution in [-0.4, -0.2) is 49.2 Å². The summed E-state index contributed by atoms with van der Waals surface area (Å²) in [5.41, 5.74) is 0.260. The summed E-state index contributed by atoms with van der Waals surface area (Å²) >= 11 is 0. The Bertz CT molecular complexity index is 581. The molecular weight excluding hydrogens is 289 g/mol. The van der Waals surface area contributed by atoms with Gasteiger partial charge in [-0.15, -0.1) is 0 Å². The van der Waals surface area contributed by atoms with Gasteiger partial charge in [-0.1, -0.05) is 6.42 Å². The second-order valence-corrected chi connectivity index (χ2v) is 5.86. The number of rotatable bonds is 3. The smallest absolute Gasteiger partial charge is 0.295 e. The number of fused-ring (bicyclic) bond motifs is 1. The van der Waals surface area contributed by atoms with Gasteiger partial charge in [0.1, 0.15) is 5.69 Å². The van der Waals surface area contributed by atoms with Gasteiger partial charge in [0.15, 0.2) is 11.6 Å². The fourth-order valence-electron chi connectivity index (χ4n) is 3.46. The molecular formula is C15H20FN3O3. The fraction of sp³-hybridized carbons (Fsp3) is 0.600. The molecule has 0 spiro atoms. The average Bonchev–Trinajstić information content (AvgIpc) is 2.54. The van der Waals surface area contributed by atoms with Crippen LogP contribution in [0.5, 0.6) is 5.75 Å². The van der Waals surface area contributed by atoms with Crippen LogP contribution in [0.2, 0.25) is 0 Å². The molecule has 2 aliphatic rings. The fourth-order valence-corrected chi connectivity index (χ4v) is 3.46. The predicted octanol–water partition coefficient (Wildman–Crippen LogP) is 2.42. The van der Waals surface area contributed by atoms with E-state index >= 15 is 0 Å². The van der Waals surface area contributed by atoms with Gasteiger partial charge < -0.3 is 9.64 Å². The molecule has 1 atom stereocenters. The molecule has 1 aromatic rings. The van der Waals surface area contributed by atoms with E-state index in [9.17, 15) is 14.5 Å². The van der Waals surface area contributed by atoms with Crippen molar-refractivity contribution in [2.45, 2.75) is 25.3 Å². The lowest BCUT2D eigenvalue weighted by Gasteiger charge is -2.44. The maximum Gasteiger partial charge on any atom is 0.295 e. The first-order chi connectivity index (χ1) is 10.6. The zero-order valence-corrected chi connectivity index (χ0v) is 12.6. The molecule has 2 heterocycles. The zero-order valence-electron chi connectivity index (χ0n) is 12.6. The van der Waals surface area contributed by atoms with Crippen LogP contribution in [0.15, 0.2) is 12.1 Å². The second kappa shape index (κ2) is 6.08. The van der Waals surface area contributed by atoms with E-state index in [4.69, 9.17) is 4.74 Å². The Morgan fingerprint density at radius 3 is 2.86 bits per heavy atom. The van der Waals surface area contributed by atoms with Gasteiger partial charge in [0.25, 0.3) is 5.69 Å². The minimum Gasteiger partial charge on any atom is -0.494 e. The Labute approximate surface area is 128 Å². The van der Waals surface area contributed by atoms with E-state index in [1.807, 2.05) is 4.90 Å². The number of benzene rings is 1. The number of anilines is 1. The Morgan fingerprint density at radius 1 is 1.32 bits per heavy atom. The van der Waals surface area contributed by atoms with Gasteiger partial charge in [0.05, 0.1) is 18.1 Å². The number of methoxy groups -OCH3 is 1. The summed E-state index contributed by atoms with van der Waals surface area (Å²) in [6, 6.07) is 2.84. The molecule has 0 amide bonds. The van der Waals surface area contributed by atoms with Crippen molar-refractivity contribution < 1.29 is 14.1 Å². The molecule has 0 radical (unpaired) electrons. The number of nitro benzene ring substituents is 1. The first-order valence-electron chi connectivity index (χ1n) is 7.61. The molecule has 1 aromatic carbocycles. The molecule has 2 saturated heterocycles. The van der Waals surface area contributed by atoms with Gasteiger partial charge in [-0.3, -0.25) is 15.0 Å². The summed E-state index contributed by atoms with van der Waals surface area (Å²) in [6.07, 6.45) is 3.54. The van der Waals surface area contributed by atoms with Crippen LogP contribution in [0.25, 0.3) is 0 Å². The number of ether oxygens (including phenoxy) is 1. The highest BCUT2D eigenvalue weighted by atomic mass is 19.1. The third-order valence-electron chi connectivity index (χ3n) is 4.62. The molecule has 0 aromatic heterocycles. The molecule has 7 heteroatoms. The van der Waals surface area contributed by atoms with E-state index in [-0.39, 0.29) is 11.4 Å². The number of halogens is 1. The van der Waals surface area contributed by atoms with E-state index in [0.29, 0.717) is 18.3 Å². The zero-order chi connectivity index (χ0) is 15.7. The topological polar surface area (TPSA) is 58.8 Å². The summed E-state index contributed by atoms with van der Waals surface area (Å²) in [5, 5.41) is 11.3. The first-order valence-corrected chi connectivity index (χ1v) is 7.61. The molecule has 0 bridgehead atoms. The number of hydrogen-bond acceptors (Lipinski definition) is 5. The molecule has 0 aliphatic carbocycles. The number of nitro groups is 1. The van der Waals surface area contributed by atoms with Gasteiger partial charge in [0.2, 0.25) is 0 Å². The summed E-state index contributed by atoms with van der Waals surface area (Å²) in [6.45, 7) is 3.45. The molecule has 0 saturated carbocycles. The van der Waals surface area contributed by atoms with Gasteiger partial charge >= 0.3 is 0 Å². The van der Waals surface area contributed by atoms with Crippen LogP contribution in [0, 0.1) is 15.9 Å². The normalized spacial score (nSPS) is 22.3. The molecule has 120 valence electrons. The standard InChI is InChI=1S/C15H20FN3O3/c1-22-15-9-13(14(19(20)21)8-12(15)16)18-7-6-17-5-3-2-4-11(17)10-18/h8-9,11H,2-7,10H2,1H3. The molecule has 0 N–H and O–H groups in total. The van der Waals surface area contributed by atoms with Crippen molar-refractivity contribution in [2.75, 3.05) is 38.2 Å². The lowest BCUT2D eigenvalue weighted by atomic mass is 9.99. The largest absolute Gasteiger partial charge is 0.494 e. The van der Waals surface area contributed by atoms with Crippen LogP contribution in [0.1, 0.15) is 19.3 Å². The molecule has 2 aliphatic heterocycles. The van der Waals surface area contributed by atoms with Crippen LogP contribution in [-0.2, 0) is 0 Å². The highest BCUT2D eigenvalue weighted by molar-refractivity contribution is 5.66. The molecule has 1 unspecified atom stereocenters. The summed E-state index contributed by atoms with van der Waals surface area (Å²) < 4.78 is 18.8. The summed E-state index contributed by atoms with van der Waals surface area (Å²) in [7, 11) is 1.37. The predicted molar refractivity (Wildman–Crippen MR) is 81.0 cm³/mol. The third-order valence-corrected chi connectivity index (χ3v) is 4.62. The minimum atomic E-state index is -0.700. The summed E-state index contributed by atoms with van der Waals surface area (Å²) in [5.74, 6) is -0.652. The molecule has 22 heavy (non-hydrogen) atoms. The summed E-state index contributed by atoms with van der Waals surface area (Å²) in [4.78, 5) is 15.2. The van der Waals surface area contributed by atoms with Crippen LogP contribution < -0.4 is 9.64 Å². The molecule has 3 rings (SSSR count). The minimum absolute atomic E-state index is 0.0478. The maximum atomic E-state index is 13.8. The van der Waals surface area contributed by atoms with E-state index < -0.39 is 10.7 Å². The van der Waals surface area contributed by atoms with Crippen molar-refractivity contribution in [3.63, 3.8) is 0 Å². The van der Waals surface area contributed by atoms with E-state index in [1.54, 1.807) is 0 Å². The quantitative estimate of drug-likeness (QED) is 0.634. The molecule has 6 nitrogen and oxygen atoms in total. The third kappa shape index (κ3) is 2.72. The van der Waals surface area contributed by atoms with E-state index in [0.717, 1.165) is 32.1 Å². The Kier molecular flexibility index (Phi) is 4.15. The highest BCUT2D eigenvalue weighted by Crippen LogP contribution is 2.36. The lowest BCUT2D eigenvalue weighted by molar-refractivity contribution is -0.384. The van der Waals surface area contributed by atoms with Gasteiger partial charge in [-0.05, 0) is 19.4 Å². The van der Waals surface area contributed by atoms with Crippen LogP contribution in [0.3, 0.4) is 0 Å². The Hall–Kier alpha value is -1.89. The first kappa shape index (κ1) is 15.0. The van der Waals surface area contributed by atoms with Gasteiger partial charge in [-0.25, -0.2) is 4.39 Å². The van der Waals surface area contributed by atoms with Crippen LogP contribution >= 0.6 is 0 Å². The van der Waals surface area contributed by atoms with Gasteiger partial charge in [-0.2, -0.15) is 0 Å². The second-order valence-electron chi connectivity index (χ2n) is 5.86. The van der Waals surface area contributed by atoms with Crippen molar-refractivity contribution in [1.82, 2.24) is 4.90 Å². The maximum absolute atomic E-state index is 13.8. The van der Waals surface area contributed by atoms with E-state index in [1.165, 1.54) is 26.0 Å². The van der Waals surface area contributed by atoms with E-state index in [2.05, 4.69) is 4.90 Å². The SMILES string of the molecule is COc1cc(N2CCN3CCCCC3C2)c([N+](=O)[O-])cc1F. The lowest BCUT2D eigenvalue weighted by Crippen LogP contribution is -2.55.